The Balaban J connectivity index is 1.24. The normalized spacial score (nSPS) is 16.2. The molecule has 1 amide bonds. The molecule has 0 atom stereocenters. The molecule has 2 aromatic carbocycles. The van der Waals surface area contributed by atoms with E-state index in [1.807, 2.05) is 0 Å². The molecule has 2 aromatic rings. The average Bonchev–Trinajstić information content (AvgIpc) is 3.29. The van der Waals surface area contributed by atoms with E-state index in [0.29, 0.717) is 16.5 Å². The Hall–Kier alpha value is -3.08. The molecule has 0 N–H and O–H groups in total. The van der Waals surface area contributed by atoms with Crippen LogP contribution in [0.2, 0.25) is 5.02 Å². The fourth-order valence-electron chi connectivity index (χ4n) is 3.39. The van der Waals surface area contributed by atoms with Gasteiger partial charge < -0.3 is 19.1 Å². The lowest BCUT2D eigenvalue weighted by atomic mass is 10.2. The number of sulfonamides is 1. The number of ether oxygens (including phenoxy) is 3. The molecule has 0 unspecified atom stereocenters. The molecule has 0 saturated carbocycles. The number of hydrogen-bond donors (Lipinski definition) is 0. The molecular weight excluding hydrogens is 472 g/mol. The second kappa shape index (κ2) is 9.82. The highest BCUT2D eigenvalue weighted by atomic mass is 35.5. The minimum Gasteiger partial charge on any atom is -0.454 e. The smallest absolute Gasteiger partial charge is 0.331 e. The van der Waals surface area contributed by atoms with E-state index in [-0.39, 0.29) is 43.8 Å². The van der Waals surface area contributed by atoms with Gasteiger partial charge in [-0.05, 0) is 48.0 Å². The SMILES string of the molecule is O=C(/C=C/c1ccc2c(c1)OCO2)OCC(=O)N1CCN(S(=O)(=O)c2ccc(Cl)cc2)CC1. The lowest BCUT2D eigenvalue weighted by Crippen LogP contribution is -2.51. The van der Waals surface area contributed by atoms with Crippen LogP contribution in [0, 0.1) is 0 Å². The Bertz CT molecular complexity index is 1170. The van der Waals surface area contributed by atoms with Crippen molar-refractivity contribution in [2.24, 2.45) is 0 Å². The van der Waals surface area contributed by atoms with E-state index in [2.05, 4.69) is 0 Å². The van der Waals surface area contributed by atoms with E-state index in [4.69, 9.17) is 25.8 Å². The maximum Gasteiger partial charge on any atom is 0.331 e. The van der Waals surface area contributed by atoms with E-state index < -0.39 is 22.6 Å². The predicted octanol–water partition coefficient (Wildman–Crippen LogP) is 2.16. The highest BCUT2D eigenvalue weighted by molar-refractivity contribution is 7.89. The summed E-state index contributed by atoms with van der Waals surface area (Å²) in [7, 11) is -3.67. The molecule has 2 aliphatic heterocycles. The Morgan fingerprint density at radius 2 is 1.70 bits per heavy atom. The first-order chi connectivity index (χ1) is 15.8. The van der Waals surface area contributed by atoms with Crippen molar-refractivity contribution in [3.63, 3.8) is 0 Å². The molecule has 33 heavy (non-hydrogen) atoms. The van der Waals surface area contributed by atoms with E-state index in [0.717, 1.165) is 5.56 Å². The fraction of sp³-hybridized carbons (Fsp3) is 0.273. The second-order valence-electron chi connectivity index (χ2n) is 7.29. The third-order valence-electron chi connectivity index (χ3n) is 5.19. The molecule has 9 nitrogen and oxygen atoms in total. The van der Waals surface area contributed by atoms with Crippen LogP contribution in [-0.4, -0.2) is 69.1 Å². The van der Waals surface area contributed by atoms with Crippen molar-refractivity contribution in [3.8, 4) is 11.5 Å². The van der Waals surface area contributed by atoms with E-state index in [9.17, 15) is 18.0 Å². The third kappa shape index (κ3) is 5.47. The molecule has 1 saturated heterocycles. The van der Waals surface area contributed by atoms with Crippen LogP contribution in [0.25, 0.3) is 6.08 Å². The van der Waals surface area contributed by atoms with Crippen molar-refractivity contribution in [2.75, 3.05) is 39.6 Å². The molecule has 0 aliphatic carbocycles. The van der Waals surface area contributed by atoms with Crippen molar-refractivity contribution in [1.82, 2.24) is 9.21 Å². The van der Waals surface area contributed by atoms with Crippen LogP contribution in [0.5, 0.6) is 11.5 Å². The molecule has 0 radical (unpaired) electrons. The number of hydrogen-bond acceptors (Lipinski definition) is 7. The average molecular weight is 493 g/mol. The highest BCUT2D eigenvalue weighted by Crippen LogP contribution is 2.32. The highest BCUT2D eigenvalue weighted by Gasteiger charge is 2.30. The van der Waals surface area contributed by atoms with Gasteiger partial charge in [-0.1, -0.05) is 17.7 Å². The molecule has 0 bridgehead atoms. The predicted molar refractivity (Wildman–Crippen MR) is 119 cm³/mol. The van der Waals surface area contributed by atoms with Gasteiger partial charge >= 0.3 is 5.97 Å². The van der Waals surface area contributed by atoms with Crippen LogP contribution < -0.4 is 9.47 Å². The van der Waals surface area contributed by atoms with Gasteiger partial charge in [0.15, 0.2) is 18.1 Å². The quantitative estimate of drug-likeness (QED) is 0.449. The summed E-state index contributed by atoms with van der Waals surface area (Å²) >= 11 is 5.82. The van der Waals surface area contributed by atoms with Crippen molar-refractivity contribution in [3.05, 3.63) is 59.1 Å². The van der Waals surface area contributed by atoms with Crippen molar-refractivity contribution in [2.45, 2.75) is 4.90 Å². The largest absolute Gasteiger partial charge is 0.454 e. The number of carbonyl (C=O) groups excluding carboxylic acids is 2. The van der Waals surface area contributed by atoms with Crippen molar-refractivity contribution >= 4 is 39.6 Å². The van der Waals surface area contributed by atoms with Gasteiger partial charge in [0.25, 0.3) is 5.91 Å². The Morgan fingerprint density at radius 3 is 2.42 bits per heavy atom. The summed E-state index contributed by atoms with van der Waals surface area (Å²) in [6.07, 6.45) is 2.77. The van der Waals surface area contributed by atoms with E-state index in [1.165, 1.54) is 39.5 Å². The summed E-state index contributed by atoms with van der Waals surface area (Å²) in [4.78, 5) is 26.0. The van der Waals surface area contributed by atoms with Gasteiger partial charge in [0, 0.05) is 37.3 Å². The van der Waals surface area contributed by atoms with Gasteiger partial charge in [0.2, 0.25) is 16.8 Å². The van der Waals surface area contributed by atoms with Crippen LogP contribution in [0.4, 0.5) is 0 Å². The zero-order chi connectivity index (χ0) is 23.4. The van der Waals surface area contributed by atoms with Gasteiger partial charge in [-0.25, -0.2) is 13.2 Å². The lowest BCUT2D eigenvalue weighted by Gasteiger charge is -2.33. The third-order valence-corrected chi connectivity index (χ3v) is 7.35. The number of benzene rings is 2. The number of nitrogens with zero attached hydrogens (tertiary/aromatic N) is 2. The van der Waals surface area contributed by atoms with Crippen LogP contribution in [0.15, 0.2) is 53.4 Å². The van der Waals surface area contributed by atoms with Crippen LogP contribution in [0.3, 0.4) is 0 Å². The topological polar surface area (TPSA) is 102 Å². The first-order valence-corrected chi connectivity index (χ1v) is 11.9. The Labute approximate surface area is 196 Å². The van der Waals surface area contributed by atoms with Crippen LogP contribution >= 0.6 is 11.6 Å². The van der Waals surface area contributed by atoms with Crippen LogP contribution in [0.1, 0.15) is 5.56 Å². The number of esters is 1. The van der Waals surface area contributed by atoms with Crippen LogP contribution in [-0.2, 0) is 24.3 Å². The summed E-state index contributed by atoms with van der Waals surface area (Å²) in [5, 5.41) is 0.449. The molecule has 4 rings (SSSR count). The molecule has 2 aliphatic rings. The number of piperazine rings is 1. The number of halogens is 1. The molecular formula is C22H21ClN2O7S. The molecule has 0 aromatic heterocycles. The fourth-order valence-corrected chi connectivity index (χ4v) is 4.93. The monoisotopic (exact) mass is 492 g/mol. The summed E-state index contributed by atoms with van der Waals surface area (Å²) in [6.45, 7) is 0.442. The van der Waals surface area contributed by atoms with Crippen molar-refractivity contribution in [1.29, 1.82) is 0 Å². The molecule has 11 heteroatoms. The number of fused-ring (bicyclic) bond motifs is 1. The molecule has 2 heterocycles. The van der Waals surface area contributed by atoms with Gasteiger partial charge in [-0.3, -0.25) is 4.79 Å². The van der Waals surface area contributed by atoms with E-state index >= 15 is 0 Å². The minimum absolute atomic E-state index is 0.147. The maximum absolute atomic E-state index is 12.7. The second-order valence-corrected chi connectivity index (χ2v) is 9.67. The molecule has 0 spiro atoms. The summed E-state index contributed by atoms with van der Waals surface area (Å²) in [5.41, 5.74) is 0.723. The van der Waals surface area contributed by atoms with Gasteiger partial charge in [0.1, 0.15) is 0 Å². The first-order valence-electron chi connectivity index (χ1n) is 10.1. The first kappa shape index (κ1) is 23.1. The lowest BCUT2D eigenvalue weighted by molar-refractivity contribution is -0.148. The standard InChI is InChI=1S/C22H21ClN2O7S/c23-17-3-5-18(6-4-17)33(28,29)25-11-9-24(10-12-25)21(26)14-30-22(27)8-2-16-1-7-19-20(13-16)32-15-31-19/h1-8,13H,9-12,14-15H2/b8-2+. The summed E-state index contributed by atoms with van der Waals surface area (Å²) in [5.74, 6) is 0.188. The zero-order valence-electron chi connectivity index (χ0n) is 17.5. The van der Waals surface area contributed by atoms with Gasteiger partial charge in [-0.2, -0.15) is 4.31 Å². The summed E-state index contributed by atoms with van der Waals surface area (Å²) < 4.78 is 42.3. The van der Waals surface area contributed by atoms with Crippen molar-refractivity contribution < 1.29 is 32.2 Å². The Kier molecular flexibility index (Phi) is 6.87. The van der Waals surface area contributed by atoms with Gasteiger partial charge in [0.05, 0.1) is 4.90 Å². The molecule has 174 valence electrons. The van der Waals surface area contributed by atoms with Gasteiger partial charge in [-0.15, -0.1) is 0 Å². The Morgan fingerprint density at radius 1 is 1.00 bits per heavy atom. The zero-order valence-corrected chi connectivity index (χ0v) is 19.0. The number of carbonyl (C=O) groups is 2. The number of rotatable bonds is 6. The maximum atomic E-state index is 12.7. The minimum atomic E-state index is -3.67. The molecule has 1 fully saturated rings. The van der Waals surface area contributed by atoms with E-state index in [1.54, 1.807) is 24.3 Å². The summed E-state index contributed by atoms with van der Waals surface area (Å²) in [6, 6.07) is 11.2. The number of amides is 1.